The Balaban J connectivity index is 2.21. The fourth-order valence-corrected chi connectivity index (χ4v) is 3.64. The molecule has 2 N–H and O–H groups in total. The highest BCUT2D eigenvalue weighted by Crippen LogP contribution is 2.38. The summed E-state index contributed by atoms with van der Waals surface area (Å²) in [7, 11) is 1.50. The van der Waals surface area contributed by atoms with Gasteiger partial charge in [0.05, 0.1) is 24.1 Å². The quantitative estimate of drug-likeness (QED) is 0.870. The van der Waals surface area contributed by atoms with Crippen molar-refractivity contribution in [2.24, 2.45) is 0 Å². The van der Waals surface area contributed by atoms with E-state index in [9.17, 15) is 14.7 Å². The van der Waals surface area contributed by atoms with Crippen LogP contribution in [0.5, 0.6) is 5.75 Å². The number of aromatic nitrogens is 1. The van der Waals surface area contributed by atoms with Gasteiger partial charge < -0.3 is 20.1 Å². The van der Waals surface area contributed by atoms with Crippen molar-refractivity contribution in [2.75, 3.05) is 33.3 Å². The van der Waals surface area contributed by atoms with Crippen LogP contribution in [0.3, 0.4) is 0 Å². The Morgan fingerprint density at radius 3 is 2.60 bits per heavy atom. The van der Waals surface area contributed by atoms with Crippen molar-refractivity contribution in [3.8, 4) is 5.75 Å². The number of ether oxygens (including phenoxy) is 1. The summed E-state index contributed by atoms with van der Waals surface area (Å²) >= 11 is 6.44. The maximum Gasteiger partial charge on any atom is 0.328 e. The Morgan fingerprint density at radius 2 is 2.00 bits per heavy atom. The molecule has 1 aliphatic rings. The number of carboxylic acid groups (broad SMARTS) is 1. The van der Waals surface area contributed by atoms with E-state index in [1.165, 1.54) is 7.11 Å². The van der Waals surface area contributed by atoms with Gasteiger partial charge in [0.25, 0.3) is 0 Å². The van der Waals surface area contributed by atoms with Crippen LogP contribution in [0.4, 0.5) is 4.79 Å². The molecule has 134 valence electrons. The number of rotatable bonds is 3. The largest absolute Gasteiger partial charge is 0.495 e. The highest BCUT2D eigenvalue weighted by atomic mass is 35.5. The summed E-state index contributed by atoms with van der Waals surface area (Å²) in [5, 5.41) is 13.4. The Bertz CT molecular complexity index is 840. The lowest BCUT2D eigenvalue weighted by Gasteiger charge is -2.28. The number of benzene rings is 1. The summed E-state index contributed by atoms with van der Waals surface area (Å²) in [4.78, 5) is 26.1. The molecule has 0 bridgehead atoms. The second kappa shape index (κ2) is 6.93. The molecule has 0 unspecified atom stereocenters. The molecule has 0 aliphatic carbocycles. The molecule has 1 aromatic carbocycles. The second-order valence-corrected chi connectivity index (χ2v) is 6.34. The van der Waals surface area contributed by atoms with Gasteiger partial charge in [0.15, 0.2) is 0 Å². The number of piperazine rings is 1. The van der Waals surface area contributed by atoms with Gasteiger partial charge in [0.1, 0.15) is 5.75 Å². The standard InChI is InChI=1S/C17H20ClN3O4/c1-10-11(9-14(22)23)15-12(3-4-13(25-2)16(15)18)21(10)17(24)20-7-5-19-6-8-20/h3-4,19H,5-9H2,1-2H3,(H,22,23). The molecule has 0 spiro atoms. The molecule has 0 saturated carbocycles. The first-order valence-electron chi connectivity index (χ1n) is 8.03. The maximum absolute atomic E-state index is 13.0. The predicted octanol–water partition coefficient (Wildman–Crippen LogP) is 2.11. The molecule has 0 radical (unpaired) electrons. The monoisotopic (exact) mass is 365 g/mol. The zero-order chi connectivity index (χ0) is 18.1. The number of halogens is 1. The zero-order valence-corrected chi connectivity index (χ0v) is 14.9. The van der Waals surface area contributed by atoms with Crippen LogP contribution in [0, 0.1) is 6.92 Å². The fourth-order valence-electron chi connectivity index (χ4n) is 3.29. The van der Waals surface area contributed by atoms with Crippen molar-refractivity contribution in [1.29, 1.82) is 0 Å². The van der Waals surface area contributed by atoms with E-state index in [1.54, 1.807) is 28.5 Å². The lowest BCUT2D eigenvalue weighted by atomic mass is 10.1. The predicted molar refractivity (Wildman–Crippen MR) is 94.8 cm³/mol. The molecule has 2 heterocycles. The van der Waals surface area contributed by atoms with E-state index in [1.807, 2.05) is 0 Å². The minimum absolute atomic E-state index is 0.165. The number of carbonyl (C=O) groups excluding carboxylic acids is 1. The summed E-state index contributed by atoms with van der Waals surface area (Å²) in [6, 6.07) is 3.27. The molecule has 1 amide bonds. The normalized spacial score (nSPS) is 14.8. The summed E-state index contributed by atoms with van der Waals surface area (Å²) in [5.41, 5.74) is 1.73. The van der Waals surface area contributed by atoms with Crippen molar-refractivity contribution in [3.05, 3.63) is 28.4 Å². The number of hydrogen-bond donors (Lipinski definition) is 2. The number of nitrogens with zero attached hydrogens (tertiary/aromatic N) is 2. The molecule has 1 saturated heterocycles. The number of methoxy groups -OCH3 is 1. The molecular formula is C17H20ClN3O4. The zero-order valence-electron chi connectivity index (χ0n) is 14.1. The topological polar surface area (TPSA) is 83.8 Å². The molecule has 2 aromatic rings. The lowest BCUT2D eigenvalue weighted by molar-refractivity contribution is -0.136. The molecule has 3 rings (SSSR count). The molecule has 1 aliphatic heterocycles. The fraction of sp³-hybridized carbons (Fsp3) is 0.412. The minimum atomic E-state index is -0.976. The van der Waals surface area contributed by atoms with Crippen LogP contribution in [0.15, 0.2) is 12.1 Å². The summed E-state index contributed by atoms with van der Waals surface area (Å²) in [5.74, 6) is -0.525. The number of hydrogen-bond acceptors (Lipinski definition) is 4. The molecule has 1 fully saturated rings. The number of nitrogens with one attached hydrogen (secondary N) is 1. The molecule has 8 heteroatoms. The van der Waals surface area contributed by atoms with Crippen LogP contribution >= 0.6 is 11.6 Å². The maximum atomic E-state index is 13.0. The second-order valence-electron chi connectivity index (χ2n) is 5.97. The number of carbonyl (C=O) groups is 2. The SMILES string of the molecule is COc1ccc2c(c1Cl)c(CC(=O)O)c(C)n2C(=O)N1CCNCC1. The third kappa shape index (κ3) is 3.05. The first kappa shape index (κ1) is 17.6. The van der Waals surface area contributed by atoms with Gasteiger partial charge in [-0.15, -0.1) is 0 Å². The first-order valence-corrected chi connectivity index (χ1v) is 8.41. The van der Waals surface area contributed by atoms with Gasteiger partial charge in [-0.05, 0) is 24.6 Å². The molecule has 25 heavy (non-hydrogen) atoms. The van der Waals surface area contributed by atoms with Gasteiger partial charge >= 0.3 is 12.0 Å². The van der Waals surface area contributed by atoms with Gasteiger partial charge in [-0.1, -0.05) is 11.6 Å². The highest BCUT2D eigenvalue weighted by Gasteiger charge is 2.26. The smallest absolute Gasteiger partial charge is 0.328 e. The summed E-state index contributed by atoms with van der Waals surface area (Å²) < 4.78 is 6.81. The third-order valence-corrected chi connectivity index (χ3v) is 4.90. The van der Waals surface area contributed by atoms with Crippen LogP contribution in [0.2, 0.25) is 5.02 Å². The Labute approximate surface area is 150 Å². The van der Waals surface area contributed by atoms with Crippen LogP contribution in [0.1, 0.15) is 11.3 Å². The van der Waals surface area contributed by atoms with E-state index >= 15 is 0 Å². The van der Waals surface area contributed by atoms with Crippen LogP contribution in [0.25, 0.3) is 10.9 Å². The average molecular weight is 366 g/mol. The van der Waals surface area contributed by atoms with E-state index in [4.69, 9.17) is 16.3 Å². The van der Waals surface area contributed by atoms with E-state index in [0.717, 1.165) is 13.1 Å². The number of aliphatic carboxylic acids is 1. The van der Waals surface area contributed by atoms with Gasteiger partial charge in [0.2, 0.25) is 0 Å². The first-order chi connectivity index (χ1) is 12.0. The number of carboxylic acids is 1. The van der Waals surface area contributed by atoms with Crippen LogP contribution in [-0.4, -0.2) is 59.9 Å². The minimum Gasteiger partial charge on any atom is -0.495 e. The van der Waals surface area contributed by atoms with Crippen molar-refractivity contribution in [2.45, 2.75) is 13.3 Å². The number of amides is 1. The number of fused-ring (bicyclic) bond motifs is 1. The Hall–Kier alpha value is -2.25. The summed E-state index contributed by atoms with van der Waals surface area (Å²) in [6.45, 7) is 4.44. The summed E-state index contributed by atoms with van der Waals surface area (Å²) in [6.07, 6.45) is -0.211. The molecule has 0 atom stereocenters. The van der Waals surface area contributed by atoms with Crippen molar-refractivity contribution >= 4 is 34.5 Å². The third-order valence-electron chi connectivity index (χ3n) is 4.53. The van der Waals surface area contributed by atoms with Gasteiger partial charge in [-0.25, -0.2) is 4.79 Å². The van der Waals surface area contributed by atoms with E-state index < -0.39 is 5.97 Å². The molecular weight excluding hydrogens is 346 g/mol. The average Bonchev–Trinajstić information content (AvgIpc) is 2.87. The van der Waals surface area contributed by atoms with Crippen molar-refractivity contribution in [3.63, 3.8) is 0 Å². The Kier molecular flexibility index (Phi) is 4.87. The highest BCUT2D eigenvalue weighted by molar-refractivity contribution is 6.37. The van der Waals surface area contributed by atoms with Crippen molar-refractivity contribution in [1.82, 2.24) is 14.8 Å². The Morgan fingerprint density at radius 1 is 1.32 bits per heavy atom. The van der Waals surface area contributed by atoms with Crippen LogP contribution in [-0.2, 0) is 11.2 Å². The van der Waals surface area contributed by atoms with E-state index in [2.05, 4.69) is 5.32 Å². The molecule has 7 nitrogen and oxygen atoms in total. The lowest BCUT2D eigenvalue weighted by Crippen LogP contribution is -2.48. The van der Waals surface area contributed by atoms with Gasteiger partial charge in [-0.3, -0.25) is 9.36 Å². The van der Waals surface area contributed by atoms with Gasteiger partial charge in [0, 0.05) is 37.3 Å². The van der Waals surface area contributed by atoms with Crippen molar-refractivity contribution < 1.29 is 19.4 Å². The molecule has 1 aromatic heterocycles. The van der Waals surface area contributed by atoms with E-state index in [-0.39, 0.29) is 12.5 Å². The van der Waals surface area contributed by atoms with Gasteiger partial charge in [-0.2, -0.15) is 0 Å². The van der Waals surface area contributed by atoms with Crippen LogP contribution < -0.4 is 10.1 Å². The van der Waals surface area contributed by atoms with E-state index in [0.29, 0.717) is 46.0 Å².